The minimum atomic E-state index is -1.68. The van der Waals surface area contributed by atoms with Crippen LogP contribution < -0.4 is 43.4 Å². The molecule has 65 heavy (non-hydrogen) atoms. The first kappa shape index (κ1) is 53.3. The molecule has 0 saturated carbocycles. The number of amides is 6. The highest BCUT2D eigenvalue weighted by Gasteiger charge is 2.34. The number of aliphatic carboxylic acids is 1. The average molecular weight is 925 g/mol. The lowest BCUT2D eigenvalue weighted by molar-refractivity contribution is -0.142. The fourth-order valence-electron chi connectivity index (χ4n) is 6.63. The molecule has 0 fully saturated rings. The molecule has 0 aliphatic rings. The van der Waals surface area contributed by atoms with Crippen LogP contribution in [0.4, 0.5) is 0 Å². The lowest BCUT2D eigenvalue weighted by Gasteiger charge is -2.28. The van der Waals surface area contributed by atoms with Gasteiger partial charge in [-0.15, -0.1) is 0 Å². The maximum absolute atomic E-state index is 14.1. The molecule has 0 bridgehead atoms. The molecule has 3 rings (SSSR count). The molecule has 1 aromatic heterocycles. The lowest BCUT2D eigenvalue weighted by atomic mass is 10.00. The van der Waals surface area contributed by atoms with Gasteiger partial charge in [-0.3, -0.25) is 28.8 Å². The van der Waals surface area contributed by atoms with Gasteiger partial charge in [0.05, 0.1) is 19.0 Å². The van der Waals surface area contributed by atoms with Crippen molar-refractivity contribution in [3.05, 3.63) is 83.9 Å². The van der Waals surface area contributed by atoms with Crippen LogP contribution in [0.1, 0.15) is 62.8 Å². The molecule has 0 aliphatic carbocycles. The van der Waals surface area contributed by atoms with Crippen molar-refractivity contribution in [1.82, 2.24) is 41.9 Å². The minimum Gasteiger partial charge on any atom is -0.508 e. The molecule has 0 aliphatic heterocycles. The maximum Gasteiger partial charge on any atom is 0.326 e. The monoisotopic (exact) mass is 924 g/mol. The fraction of sp³-hybridized carbons (Fsp3) is 0.500. The number of imidazole rings is 1. The van der Waals surface area contributed by atoms with Gasteiger partial charge in [-0.2, -0.15) is 11.8 Å². The van der Waals surface area contributed by atoms with E-state index in [-0.39, 0.29) is 43.8 Å². The van der Waals surface area contributed by atoms with Crippen LogP contribution in [0.2, 0.25) is 0 Å². The molecule has 2 aromatic carbocycles. The van der Waals surface area contributed by atoms with Gasteiger partial charge in [-0.1, -0.05) is 56.3 Å². The number of aliphatic hydroxyl groups is 1. The van der Waals surface area contributed by atoms with Crippen molar-refractivity contribution in [1.29, 1.82) is 0 Å². The Bertz CT molecular complexity index is 1970. The topological polar surface area (TPSA) is 333 Å². The summed E-state index contributed by atoms with van der Waals surface area (Å²) in [6.45, 7) is 3.06. The fourth-order valence-corrected chi connectivity index (χ4v) is 7.12. The lowest BCUT2D eigenvalue weighted by Crippen LogP contribution is -2.61. The van der Waals surface area contributed by atoms with Gasteiger partial charge in [0.25, 0.3) is 0 Å². The molecule has 21 heteroatoms. The molecule has 1 heterocycles. The number of aromatic amines is 1. The van der Waals surface area contributed by atoms with E-state index in [0.717, 1.165) is 0 Å². The van der Waals surface area contributed by atoms with Crippen LogP contribution >= 0.6 is 11.8 Å². The van der Waals surface area contributed by atoms with Gasteiger partial charge in [0, 0.05) is 31.2 Å². The van der Waals surface area contributed by atoms with Crippen LogP contribution in [-0.2, 0) is 52.8 Å². The van der Waals surface area contributed by atoms with Gasteiger partial charge >= 0.3 is 5.97 Å². The second-order valence-corrected chi connectivity index (χ2v) is 17.0. The van der Waals surface area contributed by atoms with Gasteiger partial charge < -0.3 is 63.7 Å². The van der Waals surface area contributed by atoms with E-state index in [1.165, 1.54) is 48.6 Å². The van der Waals surface area contributed by atoms with Crippen molar-refractivity contribution >= 4 is 53.2 Å². The number of H-pyrrole nitrogens is 1. The van der Waals surface area contributed by atoms with Crippen molar-refractivity contribution in [3.63, 3.8) is 0 Å². The number of carbonyl (C=O) groups is 7. The number of aromatic hydroxyl groups is 1. The van der Waals surface area contributed by atoms with Crippen LogP contribution in [0.5, 0.6) is 5.75 Å². The number of rotatable bonds is 29. The number of unbranched alkanes of at least 4 members (excludes halogenated alkanes) is 1. The molecular formula is C44H64N10O10S. The molecule has 0 radical (unpaired) electrons. The van der Waals surface area contributed by atoms with E-state index in [1.54, 1.807) is 30.3 Å². The Morgan fingerprint density at radius 3 is 1.77 bits per heavy atom. The third-order valence-corrected chi connectivity index (χ3v) is 10.9. The van der Waals surface area contributed by atoms with Gasteiger partial charge in [-0.25, -0.2) is 9.78 Å². The summed E-state index contributed by atoms with van der Waals surface area (Å²) in [6.07, 6.45) is 6.03. The maximum atomic E-state index is 14.1. The number of thioether (sulfide) groups is 1. The Morgan fingerprint density at radius 1 is 0.677 bits per heavy atom. The summed E-state index contributed by atoms with van der Waals surface area (Å²) in [5, 5.41) is 45.8. The first-order valence-corrected chi connectivity index (χ1v) is 22.8. The normalized spacial score (nSPS) is 14.4. The Balaban J connectivity index is 1.85. The zero-order valence-electron chi connectivity index (χ0n) is 37.0. The molecular weight excluding hydrogens is 861 g/mol. The molecule has 7 atom stereocenters. The number of phenols is 1. The van der Waals surface area contributed by atoms with E-state index in [2.05, 4.69) is 41.9 Å². The third kappa shape index (κ3) is 18.9. The molecule has 14 N–H and O–H groups in total. The van der Waals surface area contributed by atoms with E-state index in [4.69, 9.17) is 11.5 Å². The van der Waals surface area contributed by atoms with Crippen molar-refractivity contribution in [2.24, 2.45) is 17.4 Å². The Labute approximate surface area is 382 Å². The van der Waals surface area contributed by atoms with Crippen LogP contribution in [0.15, 0.2) is 67.1 Å². The number of nitrogens with one attached hydrogen (secondary N) is 7. The minimum absolute atomic E-state index is 0.0581. The highest BCUT2D eigenvalue weighted by atomic mass is 32.2. The van der Waals surface area contributed by atoms with Gasteiger partial charge in [0.1, 0.15) is 42.0 Å². The summed E-state index contributed by atoms with van der Waals surface area (Å²) < 4.78 is 0. The van der Waals surface area contributed by atoms with Crippen LogP contribution in [0.3, 0.4) is 0 Å². The second kappa shape index (κ2) is 28.0. The largest absolute Gasteiger partial charge is 0.508 e. The number of carboxylic acid groups (broad SMARTS) is 1. The number of benzene rings is 2. The number of carbonyl (C=O) groups excluding carboxylic acids is 6. The standard InChI is InChI=1S/C44H64N10O10S/c1-26(2)19-33(50-39(58)32(11-7-8-17-45)49-38(57)31(46)16-18-65-3)40(59)51-34(20-28-12-14-30(56)15-13-28)41(60)54-37(24-55)43(62)52-35(22-29-23-47-25-48-29)42(61)53-36(44(63)64)21-27-9-5-4-6-10-27/h4-6,9-10,12-15,23,25-26,31-37,55-56H,7-8,11,16-22,24,45-46H2,1-3H3,(H,47,48)(H,49,57)(H,50,58)(H,51,59)(H,52,62)(H,53,61)(H,54,60)(H,63,64)/t31-,32-,33-,34-,35-,36-,37-/m0/s1. The predicted octanol–water partition coefficient (Wildman–Crippen LogP) is -0.616. The molecule has 0 spiro atoms. The average Bonchev–Trinajstić information content (AvgIpc) is 3.80. The highest BCUT2D eigenvalue weighted by Crippen LogP contribution is 2.14. The first-order valence-electron chi connectivity index (χ1n) is 21.4. The van der Waals surface area contributed by atoms with Gasteiger partial charge in [-0.05, 0) is 79.8 Å². The molecule has 356 valence electrons. The number of aliphatic hydroxyl groups excluding tert-OH is 1. The predicted molar refractivity (Wildman–Crippen MR) is 244 cm³/mol. The summed E-state index contributed by atoms with van der Waals surface area (Å²) >= 11 is 1.52. The summed E-state index contributed by atoms with van der Waals surface area (Å²) in [5.74, 6) is -5.62. The van der Waals surface area contributed by atoms with Crippen LogP contribution in [-0.4, -0.2) is 134 Å². The van der Waals surface area contributed by atoms with E-state index in [0.29, 0.717) is 48.4 Å². The van der Waals surface area contributed by atoms with Crippen molar-refractivity contribution in [3.8, 4) is 5.75 Å². The zero-order valence-corrected chi connectivity index (χ0v) is 37.8. The summed E-state index contributed by atoms with van der Waals surface area (Å²) in [6, 6.07) is 5.41. The smallest absolute Gasteiger partial charge is 0.326 e. The molecule has 20 nitrogen and oxygen atoms in total. The number of aromatic nitrogens is 2. The second-order valence-electron chi connectivity index (χ2n) is 16.0. The SMILES string of the molecule is CSCC[C@H](N)C(=O)N[C@@H](CCCCN)C(=O)N[C@@H](CC(C)C)C(=O)N[C@@H](Cc1ccc(O)cc1)C(=O)N[C@@H](CO)C(=O)N[C@@H](Cc1cnc[nH]1)C(=O)N[C@@H](Cc1ccccc1)C(=O)O. The molecule has 6 amide bonds. The van der Waals surface area contributed by atoms with Crippen molar-refractivity contribution in [2.75, 3.05) is 25.2 Å². The van der Waals surface area contributed by atoms with E-state index < -0.39 is 90.3 Å². The van der Waals surface area contributed by atoms with E-state index in [9.17, 15) is 48.9 Å². The summed E-state index contributed by atoms with van der Waals surface area (Å²) in [7, 11) is 0. The quantitative estimate of drug-likeness (QED) is 0.0387. The Morgan fingerprint density at radius 2 is 1.20 bits per heavy atom. The summed E-state index contributed by atoms with van der Waals surface area (Å²) in [4.78, 5) is 101. The number of carboxylic acids is 1. The third-order valence-electron chi connectivity index (χ3n) is 10.2. The number of hydrogen-bond acceptors (Lipinski definition) is 13. The number of nitrogens with two attached hydrogens (primary N) is 2. The van der Waals surface area contributed by atoms with E-state index in [1.807, 2.05) is 20.1 Å². The molecule has 3 aromatic rings. The first-order chi connectivity index (χ1) is 31.0. The number of phenolic OH excluding ortho intramolecular Hbond substituents is 1. The van der Waals surface area contributed by atoms with Crippen molar-refractivity contribution < 1.29 is 48.9 Å². The highest BCUT2D eigenvalue weighted by molar-refractivity contribution is 7.98. The summed E-state index contributed by atoms with van der Waals surface area (Å²) in [5.41, 5.74) is 13.3. The van der Waals surface area contributed by atoms with Crippen molar-refractivity contribution in [2.45, 2.75) is 108 Å². The van der Waals surface area contributed by atoms with Crippen LogP contribution in [0.25, 0.3) is 0 Å². The molecule has 0 saturated heterocycles. The van der Waals surface area contributed by atoms with Gasteiger partial charge in [0.2, 0.25) is 35.4 Å². The van der Waals surface area contributed by atoms with Crippen LogP contribution in [0, 0.1) is 5.92 Å². The number of nitrogens with zero attached hydrogens (tertiary/aromatic N) is 1. The van der Waals surface area contributed by atoms with E-state index >= 15 is 0 Å². The molecule has 0 unspecified atom stereocenters. The number of hydrogen-bond donors (Lipinski definition) is 12. The van der Waals surface area contributed by atoms with Gasteiger partial charge in [0.15, 0.2) is 0 Å². The zero-order chi connectivity index (χ0) is 47.9. The Kier molecular flexibility index (Phi) is 23.0. The Hall–Kier alpha value is -6.03.